The summed E-state index contributed by atoms with van der Waals surface area (Å²) in [5, 5.41) is 3.46. The van der Waals surface area contributed by atoms with Crippen LogP contribution in [0.3, 0.4) is 0 Å². The second-order valence-corrected chi connectivity index (χ2v) is 4.27. The summed E-state index contributed by atoms with van der Waals surface area (Å²) in [6.07, 6.45) is 5.64. The Morgan fingerprint density at radius 1 is 1.31 bits per heavy atom. The fraction of sp³-hybridized carbons (Fsp3) is 0.692. The van der Waals surface area contributed by atoms with Gasteiger partial charge in [0.05, 0.1) is 12.8 Å². The zero-order valence-corrected chi connectivity index (χ0v) is 10.5. The van der Waals surface area contributed by atoms with Crippen molar-refractivity contribution >= 4 is 0 Å². The van der Waals surface area contributed by atoms with Gasteiger partial charge >= 0.3 is 0 Å². The Balaban J connectivity index is 1.96. The van der Waals surface area contributed by atoms with Crippen molar-refractivity contribution < 1.29 is 4.42 Å². The highest BCUT2D eigenvalue weighted by atomic mass is 16.3. The first kappa shape index (κ1) is 13.3. The average Bonchev–Trinajstić information content (AvgIpc) is 2.76. The summed E-state index contributed by atoms with van der Waals surface area (Å²) >= 11 is 0. The van der Waals surface area contributed by atoms with E-state index in [1.165, 1.54) is 19.3 Å². The lowest BCUT2D eigenvalue weighted by molar-refractivity contribution is 0.294. The van der Waals surface area contributed by atoms with Crippen LogP contribution in [0.4, 0.5) is 0 Å². The normalized spacial score (nSPS) is 11.2. The van der Waals surface area contributed by atoms with E-state index in [9.17, 15) is 0 Å². The van der Waals surface area contributed by atoms with E-state index < -0.39 is 0 Å². The minimum atomic E-state index is 0.892. The number of rotatable bonds is 9. The van der Waals surface area contributed by atoms with Crippen molar-refractivity contribution in [2.45, 2.75) is 32.7 Å². The molecule has 0 aliphatic carbocycles. The van der Waals surface area contributed by atoms with Crippen molar-refractivity contribution in [3.63, 3.8) is 0 Å². The summed E-state index contributed by atoms with van der Waals surface area (Å²) in [7, 11) is 2.12. The Kier molecular flexibility index (Phi) is 6.93. The van der Waals surface area contributed by atoms with Crippen LogP contribution in [0.1, 0.15) is 31.9 Å². The average molecular weight is 224 g/mol. The first-order valence-corrected chi connectivity index (χ1v) is 6.24. The van der Waals surface area contributed by atoms with Crippen LogP contribution in [0, 0.1) is 0 Å². The molecule has 3 heteroatoms. The molecule has 0 aliphatic heterocycles. The van der Waals surface area contributed by atoms with E-state index in [-0.39, 0.29) is 0 Å². The number of likely N-dealkylation sites (N-methyl/N-ethyl adjacent to an activating group) is 1. The molecule has 16 heavy (non-hydrogen) atoms. The van der Waals surface area contributed by atoms with Crippen molar-refractivity contribution in [2.75, 3.05) is 26.7 Å². The van der Waals surface area contributed by atoms with E-state index in [2.05, 4.69) is 24.2 Å². The van der Waals surface area contributed by atoms with E-state index in [0.29, 0.717) is 0 Å². The number of nitrogens with zero attached hydrogens (tertiary/aromatic N) is 1. The molecular weight excluding hydrogens is 200 g/mol. The number of furan rings is 1. The molecule has 1 heterocycles. The van der Waals surface area contributed by atoms with Gasteiger partial charge in [0.15, 0.2) is 0 Å². The zero-order valence-electron chi connectivity index (χ0n) is 10.5. The largest absolute Gasteiger partial charge is 0.468 e. The predicted octanol–water partition coefficient (Wildman–Crippen LogP) is 2.49. The van der Waals surface area contributed by atoms with Crippen molar-refractivity contribution in [3.05, 3.63) is 24.2 Å². The van der Waals surface area contributed by atoms with Gasteiger partial charge < -0.3 is 9.73 Å². The first-order valence-electron chi connectivity index (χ1n) is 6.24. The van der Waals surface area contributed by atoms with Gasteiger partial charge in [-0.3, -0.25) is 4.90 Å². The van der Waals surface area contributed by atoms with Crippen LogP contribution in [0.5, 0.6) is 0 Å². The van der Waals surface area contributed by atoms with E-state index in [4.69, 9.17) is 4.42 Å². The third-order valence-corrected chi connectivity index (χ3v) is 2.63. The van der Waals surface area contributed by atoms with Crippen LogP contribution >= 0.6 is 0 Å². The van der Waals surface area contributed by atoms with E-state index in [1.54, 1.807) is 6.26 Å². The van der Waals surface area contributed by atoms with Gasteiger partial charge in [-0.05, 0) is 32.1 Å². The molecule has 1 aromatic heterocycles. The molecule has 0 saturated carbocycles. The SMILES string of the molecule is CCCCCNCCN(C)Cc1ccco1. The summed E-state index contributed by atoms with van der Waals surface area (Å²) in [5.41, 5.74) is 0. The highest BCUT2D eigenvalue weighted by Crippen LogP contribution is 2.02. The summed E-state index contributed by atoms with van der Waals surface area (Å²) < 4.78 is 5.30. The fourth-order valence-electron chi connectivity index (χ4n) is 1.64. The lowest BCUT2D eigenvalue weighted by Crippen LogP contribution is -2.29. The van der Waals surface area contributed by atoms with E-state index >= 15 is 0 Å². The van der Waals surface area contributed by atoms with Gasteiger partial charge in [-0.25, -0.2) is 0 Å². The van der Waals surface area contributed by atoms with Gasteiger partial charge in [-0.1, -0.05) is 19.8 Å². The lowest BCUT2D eigenvalue weighted by Gasteiger charge is -2.15. The molecule has 0 bridgehead atoms. The van der Waals surface area contributed by atoms with Crippen molar-refractivity contribution in [2.24, 2.45) is 0 Å². The molecule has 92 valence electrons. The van der Waals surface area contributed by atoms with E-state index in [1.807, 2.05) is 12.1 Å². The predicted molar refractivity (Wildman–Crippen MR) is 67.4 cm³/mol. The molecule has 0 aromatic carbocycles. The Labute approximate surface area is 98.8 Å². The molecule has 1 rings (SSSR count). The van der Waals surface area contributed by atoms with Crippen molar-refractivity contribution in [3.8, 4) is 0 Å². The molecule has 1 N–H and O–H groups in total. The second kappa shape index (κ2) is 8.36. The molecule has 0 radical (unpaired) electrons. The lowest BCUT2D eigenvalue weighted by atomic mass is 10.2. The van der Waals surface area contributed by atoms with Crippen LogP contribution in [0.2, 0.25) is 0 Å². The van der Waals surface area contributed by atoms with Crippen LogP contribution < -0.4 is 5.32 Å². The molecule has 3 nitrogen and oxygen atoms in total. The van der Waals surface area contributed by atoms with Crippen LogP contribution in [0.25, 0.3) is 0 Å². The Bertz CT molecular complexity index is 246. The molecule has 0 spiro atoms. The summed E-state index contributed by atoms with van der Waals surface area (Å²) in [4.78, 5) is 2.27. The molecule has 0 atom stereocenters. The highest BCUT2D eigenvalue weighted by Gasteiger charge is 2.01. The zero-order chi connectivity index (χ0) is 11.6. The fourth-order valence-corrected chi connectivity index (χ4v) is 1.64. The summed E-state index contributed by atoms with van der Waals surface area (Å²) in [6.45, 7) is 6.39. The molecule has 0 saturated heterocycles. The Morgan fingerprint density at radius 3 is 2.88 bits per heavy atom. The standard InChI is InChI=1S/C13H24N2O/c1-3-4-5-8-14-9-10-15(2)12-13-7-6-11-16-13/h6-7,11,14H,3-5,8-10,12H2,1-2H3. The van der Waals surface area contributed by atoms with E-state index in [0.717, 1.165) is 31.9 Å². The Morgan fingerprint density at radius 2 is 2.19 bits per heavy atom. The molecular formula is C13H24N2O. The third kappa shape index (κ3) is 5.93. The van der Waals surface area contributed by atoms with Crippen molar-refractivity contribution in [1.82, 2.24) is 10.2 Å². The minimum Gasteiger partial charge on any atom is -0.468 e. The molecule has 0 aliphatic rings. The number of unbranched alkanes of at least 4 members (excludes halogenated alkanes) is 2. The minimum absolute atomic E-state index is 0.892. The second-order valence-electron chi connectivity index (χ2n) is 4.27. The van der Waals surface area contributed by atoms with Crippen LogP contribution in [-0.4, -0.2) is 31.6 Å². The third-order valence-electron chi connectivity index (χ3n) is 2.63. The quantitative estimate of drug-likeness (QED) is 0.653. The van der Waals surface area contributed by atoms with Gasteiger partial charge in [-0.2, -0.15) is 0 Å². The number of hydrogen-bond donors (Lipinski definition) is 1. The first-order chi connectivity index (χ1) is 7.83. The maximum atomic E-state index is 5.30. The number of nitrogens with one attached hydrogen (secondary N) is 1. The smallest absolute Gasteiger partial charge is 0.117 e. The number of hydrogen-bond acceptors (Lipinski definition) is 3. The maximum Gasteiger partial charge on any atom is 0.117 e. The van der Waals surface area contributed by atoms with Gasteiger partial charge in [0, 0.05) is 13.1 Å². The molecule has 0 fully saturated rings. The van der Waals surface area contributed by atoms with Crippen LogP contribution in [-0.2, 0) is 6.54 Å². The molecule has 1 aromatic rings. The summed E-state index contributed by atoms with van der Waals surface area (Å²) in [6, 6.07) is 3.96. The molecule has 0 amide bonds. The Hall–Kier alpha value is -0.800. The summed E-state index contributed by atoms with van der Waals surface area (Å²) in [5.74, 6) is 1.04. The monoisotopic (exact) mass is 224 g/mol. The topological polar surface area (TPSA) is 28.4 Å². The van der Waals surface area contributed by atoms with Crippen LogP contribution in [0.15, 0.2) is 22.8 Å². The van der Waals surface area contributed by atoms with Gasteiger partial charge in [0.25, 0.3) is 0 Å². The van der Waals surface area contributed by atoms with Gasteiger partial charge in [-0.15, -0.1) is 0 Å². The molecule has 0 unspecified atom stereocenters. The van der Waals surface area contributed by atoms with Crippen molar-refractivity contribution in [1.29, 1.82) is 0 Å². The van der Waals surface area contributed by atoms with Gasteiger partial charge in [0.2, 0.25) is 0 Å². The van der Waals surface area contributed by atoms with Gasteiger partial charge in [0.1, 0.15) is 5.76 Å². The highest BCUT2D eigenvalue weighted by molar-refractivity contribution is 4.97. The maximum absolute atomic E-state index is 5.30.